The molecule has 2 aromatic rings. The number of hydrogen-bond donors (Lipinski definition) is 1. The fraction of sp³-hybridized carbons (Fsp3) is 0.350. The number of rotatable bonds is 8. The number of amides is 1. The molecule has 0 saturated heterocycles. The number of ether oxygens (including phenoxy) is 1. The number of sulfone groups is 1. The van der Waals surface area contributed by atoms with Gasteiger partial charge < -0.3 is 10.1 Å². The Bertz CT molecular complexity index is 1060. The summed E-state index contributed by atoms with van der Waals surface area (Å²) in [5.74, 6) is -3.64. The van der Waals surface area contributed by atoms with Gasteiger partial charge in [0.05, 0.1) is 10.9 Å². The van der Waals surface area contributed by atoms with E-state index in [2.05, 4.69) is 5.32 Å². The van der Waals surface area contributed by atoms with Gasteiger partial charge in [-0.25, -0.2) is 17.2 Å². The van der Waals surface area contributed by atoms with E-state index in [1.165, 1.54) is 6.08 Å². The molecule has 0 spiro atoms. The molecule has 1 aliphatic rings. The molecular weight excluding hydrogens is 456 g/mol. The second kappa shape index (κ2) is 8.64. The molecule has 0 unspecified atom stereocenters. The molecule has 1 amide bonds. The molecule has 1 heterocycles. The van der Waals surface area contributed by atoms with Gasteiger partial charge in [-0.15, -0.1) is 11.3 Å². The second-order valence-corrected chi connectivity index (χ2v) is 10.5. The van der Waals surface area contributed by atoms with E-state index in [4.69, 9.17) is 16.3 Å². The Morgan fingerprint density at radius 2 is 1.97 bits per heavy atom. The van der Waals surface area contributed by atoms with Gasteiger partial charge in [-0.05, 0) is 30.9 Å². The first-order valence-electron chi connectivity index (χ1n) is 9.08. The van der Waals surface area contributed by atoms with Crippen molar-refractivity contribution in [3.63, 3.8) is 0 Å². The van der Waals surface area contributed by atoms with E-state index in [1.54, 1.807) is 30.3 Å². The van der Waals surface area contributed by atoms with Crippen LogP contribution in [0.4, 0.5) is 8.78 Å². The zero-order chi connectivity index (χ0) is 22.1. The molecule has 1 N–H and O–H groups in total. The van der Waals surface area contributed by atoms with Crippen LogP contribution < -0.4 is 10.1 Å². The fourth-order valence-corrected chi connectivity index (χ4v) is 4.63. The Labute approximate surface area is 182 Å². The van der Waals surface area contributed by atoms with E-state index in [0.29, 0.717) is 24.0 Å². The van der Waals surface area contributed by atoms with Gasteiger partial charge in [0.1, 0.15) is 15.6 Å². The normalized spacial score (nSPS) is 15.9. The van der Waals surface area contributed by atoms with Crippen molar-refractivity contribution in [3.8, 4) is 11.5 Å². The van der Waals surface area contributed by atoms with Gasteiger partial charge in [0.15, 0.2) is 15.6 Å². The van der Waals surface area contributed by atoms with Crippen LogP contribution in [0.5, 0.6) is 11.5 Å². The minimum absolute atomic E-state index is 0.0907. The molecule has 0 bridgehead atoms. The fourth-order valence-electron chi connectivity index (χ4n) is 2.75. The maximum Gasteiger partial charge on any atom is 0.281 e. The third-order valence-corrected chi connectivity index (χ3v) is 6.80. The molecule has 5 nitrogen and oxygen atoms in total. The van der Waals surface area contributed by atoms with E-state index in [1.807, 2.05) is 0 Å². The number of benzene rings is 1. The van der Waals surface area contributed by atoms with Crippen LogP contribution in [0, 0.1) is 5.92 Å². The summed E-state index contributed by atoms with van der Waals surface area (Å²) in [7, 11) is -3.37. The minimum atomic E-state index is -3.37. The highest BCUT2D eigenvalue weighted by Crippen LogP contribution is 2.48. The van der Waals surface area contributed by atoms with E-state index in [9.17, 15) is 22.0 Å². The molecule has 0 aliphatic heterocycles. The Kier molecular flexibility index (Phi) is 6.54. The summed E-state index contributed by atoms with van der Waals surface area (Å²) in [5.41, 5.74) is 0. The quantitative estimate of drug-likeness (QED) is 0.557. The summed E-state index contributed by atoms with van der Waals surface area (Å²) in [6.45, 7) is 0.695. The van der Waals surface area contributed by atoms with Crippen LogP contribution in [-0.4, -0.2) is 26.6 Å². The van der Waals surface area contributed by atoms with Crippen LogP contribution in [0.3, 0.4) is 0 Å². The second-order valence-electron chi connectivity index (χ2n) is 7.20. The number of alkyl halides is 2. The standard InChI is InChI=1S/C20H20ClF2NO4S2/c1-20(22,23)18-15(21)16(28-13-6-4-3-5-7-13)17(29-18)19(25)24-14(12-8-9-12)10-11-30(2,26)27/h3-7,10-12,14H,8-9H2,1-2H3,(H,24,25)/b11-10+/t14-/m1/s1. The van der Waals surface area contributed by atoms with Crippen molar-refractivity contribution in [2.75, 3.05) is 6.26 Å². The first kappa shape index (κ1) is 22.7. The first-order chi connectivity index (χ1) is 14.0. The van der Waals surface area contributed by atoms with Crippen LogP contribution in [0.25, 0.3) is 0 Å². The summed E-state index contributed by atoms with van der Waals surface area (Å²) >= 11 is 6.73. The molecule has 1 aromatic carbocycles. The zero-order valence-corrected chi connectivity index (χ0v) is 18.6. The molecule has 1 fully saturated rings. The molecule has 162 valence electrons. The van der Waals surface area contributed by atoms with Gasteiger partial charge in [0.25, 0.3) is 11.8 Å². The van der Waals surface area contributed by atoms with Gasteiger partial charge in [0.2, 0.25) is 0 Å². The average Bonchev–Trinajstić information content (AvgIpc) is 3.43. The van der Waals surface area contributed by atoms with Crippen molar-refractivity contribution >= 4 is 38.7 Å². The predicted octanol–water partition coefficient (Wildman–Crippen LogP) is 5.37. The van der Waals surface area contributed by atoms with Crippen LogP contribution in [0.15, 0.2) is 41.8 Å². The predicted molar refractivity (Wildman–Crippen MR) is 113 cm³/mol. The molecule has 1 saturated carbocycles. The monoisotopic (exact) mass is 475 g/mol. The lowest BCUT2D eigenvalue weighted by Crippen LogP contribution is -2.34. The topological polar surface area (TPSA) is 72.5 Å². The maximum absolute atomic E-state index is 14.0. The highest BCUT2D eigenvalue weighted by atomic mass is 35.5. The summed E-state index contributed by atoms with van der Waals surface area (Å²) in [4.78, 5) is 12.4. The van der Waals surface area contributed by atoms with Gasteiger partial charge >= 0.3 is 0 Å². The molecule has 3 rings (SSSR count). The van der Waals surface area contributed by atoms with Crippen molar-refractivity contribution in [2.24, 2.45) is 5.92 Å². The summed E-state index contributed by atoms with van der Waals surface area (Å²) in [6.07, 6.45) is 4.12. The minimum Gasteiger partial charge on any atom is -0.454 e. The number of carbonyl (C=O) groups excluding carboxylic acids is 1. The van der Waals surface area contributed by atoms with Crippen molar-refractivity contribution in [3.05, 3.63) is 56.6 Å². The Morgan fingerprint density at radius 3 is 2.50 bits per heavy atom. The third-order valence-electron chi connectivity index (χ3n) is 4.34. The lowest BCUT2D eigenvalue weighted by atomic mass is 10.2. The zero-order valence-electron chi connectivity index (χ0n) is 16.2. The van der Waals surface area contributed by atoms with Crippen molar-refractivity contribution in [1.82, 2.24) is 5.32 Å². The van der Waals surface area contributed by atoms with Gasteiger partial charge in [-0.3, -0.25) is 4.79 Å². The Hall–Kier alpha value is -1.97. The van der Waals surface area contributed by atoms with E-state index in [-0.39, 0.29) is 21.6 Å². The van der Waals surface area contributed by atoms with Gasteiger partial charge in [-0.1, -0.05) is 35.9 Å². The first-order valence-corrected chi connectivity index (χ1v) is 12.2. The van der Waals surface area contributed by atoms with Gasteiger partial charge in [0, 0.05) is 18.6 Å². The summed E-state index contributed by atoms with van der Waals surface area (Å²) in [6, 6.07) is 7.84. The van der Waals surface area contributed by atoms with Crippen LogP contribution in [-0.2, 0) is 15.8 Å². The molecule has 30 heavy (non-hydrogen) atoms. The molecule has 1 atom stereocenters. The summed E-state index contributed by atoms with van der Waals surface area (Å²) in [5, 5.41) is 3.43. The van der Waals surface area contributed by atoms with Gasteiger partial charge in [-0.2, -0.15) is 0 Å². The third kappa shape index (κ3) is 5.80. The van der Waals surface area contributed by atoms with Crippen LogP contribution in [0.2, 0.25) is 5.02 Å². The number of halogens is 3. The van der Waals surface area contributed by atoms with E-state index >= 15 is 0 Å². The van der Waals surface area contributed by atoms with E-state index in [0.717, 1.165) is 24.5 Å². The Morgan fingerprint density at radius 1 is 1.33 bits per heavy atom. The number of hydrogen-bond acceptors (Lipinski definition) is 5. The van der Waals surface area contributed by atoms with Crippen molar-refractivity contribution in [2.45, 2.75) is 31.7 Å². The summed E-state index contributed by atoms with van der Waals surface area (Å²) < 4.78 is 56.6. The molecule has 0 radical (unpaired) electrons. The lowest BCUT2D eigenvalue weighted by molar-refractivity contribution is 0.0215. The van der Waals surface area contributed by atoms with Crippen molar-refractivity contribution in [1.29, 1.82) is 0 Å². The number of nitrogens with one attached hydrogen (secondary N) is 1. The number of para-hydroxylation sites is 1. The highest BCUT2D eigenvalue weighted by molar-refractivity contribution is 7.93. The van der Waals surface area contributed by atoms with Crippen molar-refractivity contribution < 1.29 is 26.7 Å². The van der Waals surface area contributed by atoms with Crippen LogP contribution in [0.1, 0.15) is 34.3 Å². The van der Waals surface area contributed by atoms with E-state index < -0.39 is 32.6 Å². The SMILES string of the molecule is CC(F)(F)c1sc(C(=O)N[C@H](/C=C/S(C)(=O)=O)C2CC2)c(Oc2ccccc2)c1Cl. The highest BCUT2D eigenvalue weighted by Gasteiger charge is 2.37. The van der Waals surface area contributed by atoms with Crippen LogP contribution >= 0.6 is 22.9 Å². The molecular formula is C20H20ClF2NO4S2. The number of thiophene rings is 1. The molecule has 1 aliphatic carbocycles. The molecule has 10 heteroatoms. The molecule has 1 aromatic heterocycles. The lowest BCUT2D eigenvalue weighted by Gasteiger charge is -2.14. The number of carbonyl (C=O) groups is 1. The Balaban J connectivity index is 1.94. The smallest absolute Gasteiger partial charge is 0.281 e. The largest absolute Gasteiger partial charge is 0.454 e. The maximum atomic E-state index is 14.0. The average molecular weight is 476 g/mol.